The largest absolute Gasteiger partial charge is 0.494 e. The van der Waals surface area contributed by atoms with Crippen molar-refractivity contribution in [1.82, 2.24) is 9.97 Å². The highest BCUT2D eigenvalue weighted by molar-refractivity contribution is 5.88. The van der Waals surface area contributed by atoms with E-state index in [1.807, 2.05) is 54.6 Å². The van der Waals surface area contributed by atoms with Crippen LogP contribution in [0.4, 0.5) is 17.3 Å². The van der Waals surface area contributed by atoms with E-state index >= 15 is 0 Å². The van der Waals surface area contributed by atoms with Gasteiger partial charge in [0, 0.05) is 36.1 Å². The van der Waals surface area contributed by atoms with Gasteiger partial charge in [0.05, 0.1) is 12.3 Å². The second-order valence-corrected chi connectivity index (χ2v) is 6.38. The van der Waals surface area contributed by atoms with Gasteiger partial charge in [-0.1, -0.05) is 31.5 Å². The minimum atomic E-state index is -0.0952. The number of rotatable bonds is 8. The molecular formula is C22H24N4O2. The Hall–Kier alpha value is -3.41. The lowest BCUT2D eigenvalue weighted by Gasteiger charge is -2.10. The number of anilines is 3. The van der Waals surface area contributed by atoms with Gasteiger partial charge in [0.25, 0.3) is 0 Å². The van der Waals surface area contributed by atoms with E-state index in [4.69, 9.17) is 4.74 Å². The Labute approximate surface area is 165 Å². The molecule has 0 radical (unpaired) electrons. The highest BCUT2D eigenvalue weighted by Crippen LogP contribution is 2.23. The zero-order valence-corrected chi connectivity index (χ0v) is 16.1. The van der Waals surface area contributed by atoms with Crippen molar-refractivity contribution in [2.75, 3.05) is 17.2 Å². The third-order valence-corrected chi connectivity index (χ3v) is 4.01. The number of benzene rings is 2. The number of aromatic nitrogens is 2. The van der Waals surface area contributed by atoms with Crippen LogP contribution in [-0.2, 0) is 4.79 Å². The van der Waals surface area contributed by atoms with Crippen LogP contribution in [0.3, 0.4) is 0 Å². The Morgan fingerprint density at radius 3 is 2.64 bits per heavy atom. The maximum Gasteiger partial charge on any atom is 0.227 e. The SMILES string of the molecule is CCCCOc1cccc(Nc2nccc(-c3ccc(NC(C)=O)cc3)n2)c1. The first kappa shape index (κ1) is 19.4. The summed E-state index contributed by atoms with van der Waals surface area (Å²) in [6.07, 6.45) is 3.85. The number of carbonyl (C=O) groups is 1. The summed E-state index contributed by atoms with van der Waals surface area (Å²) in [7, 11) is 0. The van der Waals surface area contributed by atoms with Crippen molar-refractivity contribution in [2.24, 2.45) is 0 Å². The fraction of sp³-hybridized carbons (Fsp3) is 0.227. The molecule has 2 aromatic carbocycles. The van der Waals surface area contributed by atoms with Gasteiger partial charge in [-0.3, -0.25) is 4.79 Å². The van der Waals surface area contributed by atoms with Crippen molar-refractivity contribution in [3.8, 4) is 17.0 Å². The molecule has 0 spiro atoms. The highest BCUT2D eigenvalue weighted by Gasteiger charge is 2.05. The molecule has 0 aliphatic heterocycles. The Morgan fingerprint density at radius 2 is 1.89 bits per heavy atom. The summed E-state index contributed by atoms with van der Waals surface area (Å²) in [5, 5.41) is 5.98. The quantitative estimate of drug-likeness (QED) is 0.540. The van der Waals surface area contributed by atoms with Crippen LogP contribution in [0.5, 0.6) is 5.75 Å². The van der Waals surface area contributed by atoms with Gasteiger partial charge in [-0.05, 0) is 36.8 Å². The molecule has 144 valence electrons. The van der Waals surface area contributed by atoms with Crippen LogP contribution in [-0.4, -0.2) is 22.5 Å². The molecule has 0 saturated heterocycles. The van der Waals surface area contributed by atoms with Crippen LogP contribution in [0.15, 0.2) is 60.8 Å². The molecule has 6 heteroatoms. The molecule has 0 aliphatic carbocycles. The molecule has 0 unspecified atom stereocenters. The van der Waals surface area contributed by atoms with Gasteiger partial charge in [0.2, 0.25) is 11.9 Å². The molecule has 0 fully saturated rings. The zero-order valence-electron chi connectivity index (χ0n) is 16.1. The lowest BCUT2D eigenvalue weighted by molar-refractivity contribution is -0.114. The normalized spacial score (nSPS) is 10.4. The van der Waals surface area contributed by atoms with Gasteiger partial charge < -0.3 is 15.4 Å². The summed E-state index contributed by atoms with van der Waals surface area (Å²) >= 11 is 0. The van der Waals surface area contributed by atoms with E-state index in [1.54, 1.807) is 6.20 Å². The van der Waals surface area contributed by atoms with Gasteiger partial charge >= 0.3 is 0 Å². The molecule has 0 atom stereocenters. The Bertz CT molecular complexity index is 926. The Balaban J connectivity index is 1.71. The molecule has 0 aliphatic rings. The molecule has 28 heavy (non-hydrogen) atoms. The van der Waals surface area contributed by atoms with E-state index in [-0.39, 0.29) is 5.91 Å². The lowest BCUT2D eigenvalue weighted by atomic mass is 10.1. The van der Waals surface area contributed by atoms with Crippen LogP contribution in [0, 0.1) is 0 Å². The first-order valence-corrected chi connectivity index (χ1v) is 9.35. The van der Waals surface area contributed by atoms with Crippen molar-refractivity contribution < 1.29 is 9.53 Å². The topological polar surface area (TPSA) is 76.1 Å². The van der Waals surface area contributed by atoms with Crippen molar-refractivity contribution in [1.29, 1.82) is 0 Å². The van der Waals surface area contributed by atoms with Gasteiger partial charge in [0.15, 0.2) is 0 Å². The fourth-order valence-corrected chi connectivity index (χ4v) is 2.63. The molecule has 6 nitrogen and oxygen atoms in total. The monoisotopic (exact) mass is 376 g/mol. The summed E-state index contributed by atoms with van der Waals surface area (Å²) in [6, 6.07) is 17.1. The minimum absolute atomic E-state index is 0.0952. The number of unbranched alkanes of at least 4 members (excludes halogenated alkanes) is 1. The number of hydrogen-bond acceptors (Lipinski definition) is 5. The van der Waals surface area contributed by atoms with E-state index in [0.29, 0.717) is 12.6 Å². The summed E-state index contributed by atoms with van der Waals surface area (Å²) < 4.78 is 5.75. The standard InChI is InChI=1S/C22H24N4O2/c1-3-4-14-28-20-7-5-6-19(15-20)25-22-23-13-12-21(26-22)17-8-10-18(11-9-17)24-16(2)27/h5-13,15H,3-4,14H2,1-2H3,(H,24,27)(H,23,25,26). The maximum absolute atomic E-state index is 11.1. The number of nitrogens with one attached hydrogen (secondary N) is 2. The Kier molecular flexibility index (Phi) is 6.57. The third kappa shape index (κ3) is 5.54. The first-order chi connectivity index (χ1) is 13.6. The van der Waals surface area contributed by atoms with Crippen molar-refractivity contribution in [3.05, 3.63) is 60.8 Å². The molecule has 1 heterocycles. The fourth-order valence-electron chi connectivity index (χ4n) is 2.63. The molecule has 3 aromatic rings. The molecule has 1 amide bonds. The predicted molar refractivity (Wildman–Crippen MR) is 112 cm³/mol. The summed E-state index contributed by atoms with van der Waals surface area (Å²) in [6.45, 7) is 4.33. The summed E-state index contributed by atoms with van der Waals surface area (Å²) in [4.78, 5) is 20.0. The van der Waals surface area contributed by atoms with Gasteiger partial charge in [-0.15, -0.1) is 0 Å². The first-order valence-electron chi connectivity index (χ1n) is 9.35. The summed E-state index contributed by atoms with van der Waals surface area (Å²) in [5.41, 5.74) is 3.36. The number of amides is 1. The molecule has 2 N–H and O–H groups in total. The number of carbonyl (C=O) groups excluding carboxylic acids is 1. The number of ether oxygens (including phenoxy) is 1. The van der Waals surface area contributed by atoms with Crippen LogP contribution < -0.4 is 15.4 Å². The van der Waals surface area contributed by atoms with Crippen LogP contribution in [0.2, 0.25) is 0 Å². The molecule has 1 aromatic heterocycles. The minimum Gasteiger partial charge on any atom is -0.494 e. The molecule has 0 bridgehead atoms. The van der Waals surface area contributed by atoms with Gasteiger partial charge in [-0.25, -0.2) is 9.97 Å². The van der Waals surface area contributed by atoms with E-state index < -0.39 is 0 Å². The number of nitrogens with zero attached hydrogens (tertiary/aromatic N) is 2. The van der Waals surface area contributed by atoms with E-state index in [2.05, 4.69) is 27.5 Å². The van der Waals surface area contributed by atoms with Crippen LogP contribution in [0.25, 0.3) is 11.3 Å². The average Bonchev–Trinajstić information content (AvgIpc) is 2.69. The predicted octanol–water partition coefficient (Wildman–Crippen LogP) is 5.02. The van der Waals surface area contributed by atoms with Gasteiger partial charge in [0.1, 0.15) is 5.75 Å². The number of hydrogen-bond donors (Lipinski definition) is 2. The van der Waals surface area contributed by atoms with Crippen molar-refractivity contribution >= 4 is 23.2 Å². The van der Waals surface area contributed by atoms with E-state index in [1.165, 1.54) is 6.92 Å². The average molecular weight is 376 g/mol. The van der Waals surface area contributed by atoms with Gasteiger partial charge in [-0.2, -0.15) is 0 Å². The van der Waals surface area contributed by atoms with Crippen molar-refractivity contribution in [3.63, 3.8) is 0 Å². The van der Waals surface area contributed by atoms with E-state index in [0.717, 1.165) is 41.2 Å². The molecule has 0 saturated carbocycles. The molecule has 3 rings (SSSR count). The van der Waals surface area contributed by atoms with E-state index in [9.17, 15) is 4.79 Å². The second-order valence-electron chi connectivity index (χ2n) is 6.38. The maximum atomic E-state index is 11.1. The summed E-state index contributed by atoms with van der Waals surface area (Å²) in [5.74, 6) is 1.24. The van der Waals surface area contributed by atoms with Crippen LogP contribution in [0.1, 0.15) is 26.7 Å². The Morgan fingerprint density at radius 1 is 1.07 bits per heavy atom. The third-order valence-electron chi connectivity index (χ3n) is 4.01. The smallest absolute Gasteiger partial charge is 0.227 e. The van der Waals surface area contributed by atoms with Crippen LogP contribution >= 0.6 is 0 Å². The second kappa shape index (κ2) is 9.50. The lowest BCUT2D eigenvalue weighted by Crippen LogP contribution is -2.05. The van der Waals surface area contributed by atoms with Crippen molar-refractivity contribution in [2.45, 2.75) is 26.7 Å². The highest BCUT2D eigenvalue weighted by atomic mass is 16.5. The zero-order chi connectivity index (χ0) is 19.8. The molecular weight excluding hydrogens is 352 g/mol.